The van der Waals surface area contributed by atoms with Crippen molar-refractivity contribution in [3.63, 3.8) is 0 Å². The van der Waals surface area contributed by atoms with E-state index in [-0.39, 0.29) is 6.16 Å². The molecule has 5 nitrogen and oxygen atoms in total. The molecule has 0 aliphatic carbocycles. The fourth-order valence-corrected chi connectivity index (χ4v) is 4.30. The molecule has 0 aliphatic heterocycles. The van der Waals surface area contributed by atoms with Gasteiger partial charge in [-0.05, 0) is 30.9 Å². The molecule has 0 radical (unpaired) electrons. The van der Waals surface area contributed by atoms with E-state index in [1.807, 2.05) is 50.2 Å². The van der Waals surface area contributed by atoms with Crippen molar-refractivity contribution in [2.75, 3.05) is 33.5 Å². The lowest BCUT2D eigenvalue weighted by Gasteiger charge is -2.19. The molecule has 0 saturated heterocycles. The first-order chi connectivity index (χ1) is 11.6. The van der Waals surface area contributed by atoms with E-state index in [9.17, 15) is 4.57 Å². The molecule has 0 N–H and O–H groups in total. The third kappa shape index (κ3) is 4.81. The lowest BCUT2D eigenvalue weighted by molar-refractivity contribution is 0.147. The van der Waals surface area contributed by atoms with Gasteiger partial charge in [0.25, 0.3) is 0 Å². The lowest BCUT2D eigenvalue weighted by atomic mass is 10.0. The van der Waals surface area contributed by atoms with E-state index >= 15 is 0 Å². The molecule has 0 spiro atoms. The van der Waals surface area contributed by atoms with E-state index in [1.54, 1.807) is 7.11 Å². The van der Waals surface area contributed by atoms with E-state index in [1.165, 1.54) is 0 Å². The zero-order chi connectivity index (χ0) is 17.4. The van der Waals surface area contributed by atoms with Crippen molar-refractivity contribution in [3.8, 4) is 5.75 Å². The summed E-state index contributed by atoms with van der Waals surface area (Å²) >= 11 is 0. The SMILES string of the molecule is CCOP(=O)(Cc1ccc(OCCOC)c2ccccc12)OCC. The molecule has 0 aromatic heterocycles. The van der Waals surface area contributed by atoms with Gasteiger partial charge in [-0.3, -0.25) is 4.57 Å². The van der Waals surface area contributed by atoms with Gasteiger partial charge in [0.2, 0.25) is 0 Å². The Balaban J connectivity index is 2.34. The molecule has 0 atom stereocenters. The first kappa shape index (κ1) is 18.9. The Morgan fingerprint density at radius 3 is 2.21 bits per heavy atom. The highest BCUT2D eigenvalue weighted by molar-refractivity contribution is 7.53. The van der Waals surface area contributed by atoms with Crippen LogP contribution in [-0.2, 0) is 24.5 Å². The van der Waals surface area contributed by atoms with Gasteiger partial charge in [0, 0.05) is 12.5 Å². The summed E-state index contributed by atoms with van der Waals surface area (Å²) in [5.41, 5.74) is 0.926. The Bertz CT molecular complexity index is 691. The molecule has 132 valence electrons. The van der Waals surface area contributed by atoms with Gasteiger partial charge < -0.3 is 18.5 Å². The van der Waals surface area contributed by atoms with Crippen molar-refractivity contribution in [2.24, 2.45) is 0 Å². The summed E-state index contributed by atoms with van der Waals surface area (Å²) in [6, 6.07) is 11.7. The summed E-state index contributed by atoms with van der Waals surface area (Å²) in [4.78, 5) is 0. The van der Waals surface area contributed by atoms with E-state index in [4.69, 9.17) is 18.5 Å². The van der Waals surface area contributed by atoms with Gasteiger partial charge in [0.15, 0.2) is 0 Å². The van der Waals surface area contributed by atoms with E-state index in [2.05, 4.69) is 0 Å². The molecule has 0 aliphatic rings. The average Bonchev–Trinajstić information content (AvgIpc) is 2.57. The van der Waals surface area contributed by atoms with Crippen molar-refractivity contribution in [1.82, 2.24) is 0 Å². The van der Waals surface area contributed by atoms with Crippen LogP contribution in [0.4, 0.5) is 0 Å². The largest absolute Gasteiger partial charge is 0.491 e. The van der Waals surface area contributed by atoms with Crippen LogP contribution in [0.2, 0.25) is 0 Å². The maximum atomic E-state index is 12.8. The fraction of sp³-hybridized carbons (Fsp3) is 0.444. The second kappa shape index (κ2) is 9.19. The molecule has 0 amide bonds. The van der Waals surface area contributed by atoms with Crippen LogP contribution in [0.15, 0.2) is 36.4 Å². The molecule has 0 saturated carbocycles. The second-order valence-corrected chi connectivity index (χ2v) is 7.27. The summed E-state index contributed by atoms with van der Waals surface area (Å²) in [6.07, 6.45) is 0.244. The monoisotopic (exact) mass is 352 g/mol. The van der Waals surface area contributed by atoms with E-state index < -0.39 is 7.60 Å². The molecular formula is C18H25O5P. The minimum atomic E-state index is -3.15. The molecule has 2 rings (SSSR count). The van der Waals surface area contributed by atoms with Crippen LogP contribution in [0.1, 0.15) is 19.4 Å². The van der Waals surface area contributed by atoms with Crippen molar-refractivity contribution in [1.29, 1.82) is 0 Å². The van der Waals surface area contributed by atoms with Crippen molar-refractivity contribution < 1.29 is 23.1 Å². The van der Waals surface area contributed by atoms with Gasteiger partial charge >= 0.3 is 7.60 Å². The molecule has 24 heavy (non-hydrogen) atoms. The number of rotatable bonds is 10. The Morgan fingerprint density at radius 2 is 1.58 bits per heavy atom. The number of benzene rings is 2. The minimum absolute atomic E-state index is 0.244. The Hall–Kier alpha value is -1.39. The molecule has 2 aromatic carbocycles. The Kier molecular flexibility index (Phi) is 7.25. The fourth-order valence-electron chi connectivity index (χ4n) is 2.56. The van der Waals surface area contributed by atoms with Gasteiger partial charge in [0.05, 0.1) is 26.0 Å². The molecule has 0 heterocycles. The highest BCUT2D eigenvalue weighted by Gasteiger charge is 2.25. The normalized spacial score (nSPS) is 11.8. The molecule has 6 heteroatoms. The van der Waals surface area contributed by atoms with Crippen LogP contribution in [0, 0.1) is 0 Å². The first-order valence-electron chi connectivity index (χ1n) is 8.14. The van der Waals surface area contributed by atoms with Crippen molar-refractivity contribution in [2.45, 2.75) is 20.0 Å². The molecule has 0 unspecified atom stereocenters. The van der Waals surface area contributed by atoms with Gasteiger partial charge in [-0.25, -0.2) is 0 Å². The quantitative estimate of drug-likeness (QED) is 0.461. The van der Waals surface area contributed by atoms with Gasteiger partial charge in [0.1, 0.15) is 12.4 Å². The number of fused-ring (bicyclic) bond motifs is 1. The molecule has 2 aromatic rings. The predicted molar refractivity (Wildman–Crippen MR) is 95.9 cm³/mol. The number of methoxy groups -OCH3 is 1. The number of ether oxygens (including phenoxy) is 2. The zero-order valence-electron chi connectivity index (χ0n) is 14.5. The maximum absolute atomic E-state index is 12.8. The number of hydrogen-bond acceptors (Lipinski definition) is 5. The lowest BCUT2D eigenvalue weighted by Crippen LogP contribution is -2.05. The standard InChI is InChI=1S/C18H25O5P/c1-4-22-24(19,23-5-2)14-15-10-11-18(21-13-12-20-3)17-9-7-6-8-16(15)17/h6-11H,4-5,12-14H2,1-3H3. The van der Waals surface area contributed by atoms with Crippen LogP contribution in [0.5, 0.6) is 5.75 Å². The Labute approximate surface area is 143 Å². The second-order valence-electron chi connectivity index (χ2n) is 5.21. The average molecular weight is 352 g/mol. The van der Waals surface area contributed by atoms with Crippen LogP contribution in [0.3, 0.4) is 0 Å². The van der Waals surface area contributed by atoms with Crippen LogP contribution in [-0.4, -0.2) is 33.5 Å². The van der Waals surface area contributed by atoms with Crippen LogP contribution in [0.25, 0.3) is 10.8 Å². The smallest absolute Gasteiger partial charge is 0.335 e. The first-order valence-corrected chi connectivity index (χ1v) is 9.86. The maximum Gasteiger partial charge on any atom is 0.335 e. The highest BCUT2D eigenvalue weighted by atomic mass is 31.2. The predicted octanol–water partition coefficient (Wildman–Crippen LogP) is 4.63. The van der Waals surface area contributed by atoms with Gasteiger partial charge in [-0.15, -0.1) is 0 Å². The van der Waals surface area contributed by atoms with Crippen molar-refractivity contribution >= 4 is 18.4 Å². The Morgan fingerprint density at radius 1 is 0.917 bits per heavy atom. The van der Waals surface area contributed by atoms with Crippen LogP contribution >= 0.6 is 7.60 Å². The van der Waals surface area contributed by atoms with Gasteiger partial charge in [-0.2, -0.15) is 0 Å². The minimum Gasteiger partial charge on any atom is -0.491 e. The third-order valence-electron chi connectivity index (χ3n) is 3.53. The van der Waals surface area contributed by atoms with Crippen LogP contribution < -0.4 is 4.74 Å². The summed E-state index contributed by atoms with van der Waals surface area (Å²) in [5, 5.41) is 1.97. The van der Waals surface area contributed by atoms with E-state index in [0.717, 1.165) is 22.1 Å². The zero-order valence-corrected chi connectivity index (χ0v) is 15.4. The van der Waals surface area contributed by atoms with E-state index in [0.29, 0.717) is 26.4 Å². The van der Waals surface area contributed by atoms with Crippen molar-refractivity contribution in [3.05, 3.63) is 42.0 Å². The molecule has 0 bridgehead atoms. The summed E-state index contributed by atoms with van der Waals surface area (Å²) in [5.74, 6) is 0.786. The van der Waals surface area contributed by atoms with Gasteiger partial charge in [-0.1, -0.05) is 30.3 Å². The summed E-state index contributed by atoms with van der Waals surface area (Å²) in [7, 11) is -1.51. The summed E-state index contributed by atoms with van der Waals surface area (Å²) < 4.78 is 34.5. The number of hydrogen-bond donors (Lipinski definition) is 0. The molecular weight excluding hydrogens is 327 g/mol. The summed E-state index contributed by atoms with van der Waals surface area (Å²) in [6.45, 7) is 5.35. The topological polar surface area (TPSA) is 54.0 Å². The third-order valence-corrected chi connectivity index (χ3v) is 5.57. The molecule has 0 fully saturated rings. The highest BCUT2D eigenvalue weighted by Crippen LogP contribution is 2.52.